The molecule has 1 aromatic carbocycles. The van der Waals surface area contributed by atoms with Crippen LogP contribution in [-0.4, -0.2) is 29.6 Å². The molecule has 0 radical (unpaired) electrons. The lowest BCUT2D eigenvalue weighted by molar-refractivity contribution is -0.131. The number of carboxylic acid groups (broad SMARTS) is 1. The minimum atomic E-state index is -0.942. The van der Waals surface area contributed by atoms with Gasteiger partial charge in [-0.05, 0) is 24.3 Å². The van der Waals surface area contributed by atoms with Crippen molar-refractivity contribution in [2.24, 2.45) is 0 Å². The Morgan fingerprint density at radius 1 is 1.47 bits per heavy atom. The van der Waals surface area contributed by atoms with Crippen molar-refractivity contribution in [3.8, 4) is 12.3 Å². The number of benzene rings is 1. The zero-order valence-electron chi connectivity index (χ0n) is 9.76. The van der Waals surface area contributed by atoms with Crippen LogP contribution in [0.1, 0.15) is 11.1 Å². The molecule has 1 rings (SSSR count). The van der Waals surface area contributed by atoms with Crippen LogP contribution in [0.25, 0.3) is 6.08 Å². The number of carbonyl (C=O) groups is 1. The summed E-state index contributed by atoms with van der Waals surface area (Å²) in [5.74, 6) is 1.64. The molecule has 3 nitrogen and oxygen atoms in total. The molecule has 88 valence electrons. The Kier molecular flexibility index (Phi) is 4.99. The monoisotopic (exact) mass is 229 g/mol. The predicted molar refractivity (Wildman–Crippen MR) is 68.3 cm³/mol. The van der Waals surface area contributed by atoms with E-state index in [-0.39, 0.29) is 0 Å². The normalized spacial score (nSPS) is 10.6. The molecule has 0 aliphatic rings. The van der Waals surface area contributed by atoms with Gasteiger partial charge in [0.25, 0.3) is 0 Å². The van der Waals surface area contributed by atoms with Crippen molar-refractivity contribution < 1.29 is 9.90 Å². The quantitative estimate of drug-likeness (QED) is 0.618. The average Bonchev–Trinajstić information content (AvgIpc) is 2.28. The second-order valence-electron chi connectivity index (χ2n) is 3.79. The predicted octanol–water partition coefficient (Wildman–Crippen LogP) is 1.85. The summed E-state index contributed by atoms with van der Waals surface area (Å²) in [5.41, 5.74) is 2.02. The van der Waals surface area contributed by atoms with E-state index in [0.29, 0.717) is 6.54 Å². The van der Waals surface area contributed by atoms with Gasteiger partial charge in [-0.15, -0.1) is 6.42 Å². The van der Waals surface area contributed by atoms with Gasteiger partial charge in [0.1, 0.15) is 0 Å². The highest BCUT2D eigenvalue weighted by Crippen LogP contribution is 2.08. The third-order valence-corrected chi connectivity index (χ3v) is 2.21. The highest BCUT2D eigenvalue weighted by molar-refractivity contribution is 5.85. The van der Waals surface area contributed by atoms with Crippen LogP contribution in [0, 0.1) is 12.3 Å². The van der Waals surface area contributed by atoms with Gasteiger partial charge < -0.3 is 5.11 Å². The molecule has 1 N–H and O–H groups in total. The van der Waals surface area contributed by atoms with Crippen LogP contribution < -0.4 is 0 Å². The highest BCUT2D eigenvalue weighted by atomic mass is 16.4. The van der Waals surface area contributed by atoms with Crippen LogP contribution in [0.2, 0.25) is 0 Å². The molecular formula is C14H15NO2. The number of nitrogens with zero attached hydrogens (tertiary/aromatic N) is 1. The first-order chi connectivity index (χ1) is 8.11. The molecule has 0 amide bonds. The third-order valence-electron chi connectivity index (χ3n) is 2.21. The Balaban J connectivity index is 2.62. The van der Waals surface area contributed by atoms with Crippen molar-refractivity contribution in [1.82, 2.24) is 4.90 Å². The molecule has 3 heteroatoms. The first-order valence-corrected chi connectivity index (χ1v) is 5.24. The summed E-state index contributed by atoms with van der Waals surface area (Å²) < 4.78 is 0. The van der Waals surface area contributed by atoms with Gasteiger partial charge >= 0.3 is 5.97 Å². The van der Waals surface area contributed by atoms with Crippen LogP contribution >= 0.6 is 0 Å². The van der Waals surface area contributed by atoms with Crippen LogP contribution in [0.4, 0.5) is 0 Å². The number of hydrogen-bond acceptors (Lipinski definition) is 2. The Morgan fingerprint density at radius 3 is 2.65 bits per heavy atom. The van der Waals surface area contributed by atoms with Gasteiger partial charge in [-0.3, -0.25) is 4.90 Å². The van der Waals surface area contributed by atoms with Crippen LogP contribution in [0.3, 0.4) is 0 Å². The summed E-state index contributed by atoms with van der Waals surface area (Å²) in [6.45, 7) is 1.40. The van der Waals surface area contributed by atoms with Crippen LogP contribution in [-0.2, 0) is 11.3 Å². The zero-order chi connectivity index (χ0) is 12.7. The number of aliphatic carboxylic acids is 1. The molecule has 0 aromatic heterocycles. The largest absolute Gasteiger partial charge is 0.478 e. The number of terminal acetylenes is 1. The Bertz CT molecular complexity index is 440. The molecule has 1 aromatic rings. The first-order valence-electron chi connectivity index (χ1n) is 5.24. The second kappa shape index (κ2) is 6.51. The number of hydrogen-bond donors (Lipinski definition) is 1. The molecule has 0 unspecified atom stereocenters. The van der Waals surface area contributed by atoms with E-state index < -0.39 is 5.97 Å². The highest BCUT2D eigenvalue weighted by Gasteiger charge is 1.98. The van der Waals surface area contributed by atoms with Gasteiger partial charge in [0, 0.05) is 12.6 Å². The van der Waals surface area contributed by atoms with Crippen molar-refractivity contribution in [2.45, 2.75) is 6.54 Å². The van der Waals surface area contributed by atoms with Gasteiger partial charge in [0.15, 0.2) is 0 Å². The lowest BCUT2D eigenvalue weighted by Gasteiger charge is -2.12. The van der Waals surface area contributed by atoms with E-state index in [1.54, 1.807) is 6.08 Å². The molecule has 0 aliphatic carbocycles. The molecule has 0 spiro atoms. The minimum absolute atomic E-state index is 0.612. The molecular weight excluding hydrogens is 214 g/mol. The van der Waals surface area contributed by atoms with E-state index in [1.807, 2.05) is 36.2 Å². The lowest BCUT2D eigenvalue weighted by Crippen LogP contribution is -2.17. The molecule has 0 bridgehead atoms. The SMILES string of the molecule is C#CCN(C)Cc1ccc(/C=C/C(=O)O)cc1. The van der Waals surface area contributed by atoms with Crippen molar-refractivity contribution in [1.29, 1.82) is 0 Å². The molecule has 0 atom stereocenters. The van der Waals surface area contributed by atoms with Crippen molar-refractivity contribution in [3.05, 3.63) is 41.5 Å². The number of rotatable bonds is 5. The summed E-state index contributed by atoms with van der Waals surface area (Å²) in [5, 5.41) is 8.50. The topological polar surface area (TPSA) is 40.5 Å². The van der Waals surface area contributed by atoms with Gasteiger partial charge in [-0.25, -0.2) is 4.79 Å². The fourth-order valence-electron chi connectivity index (χ4n) is 1.43. The summed E-state index contributed by atoms with van der Waals surface area (Å²) in [7, 11) is 1.96. The molecule has 17 heavy (non-hydrogen) atoms. The van der Waals surface area contributed by atoms with Gasteiger partial charge in [0.2, 0.25) is 0 Å². The summed E-state index contributed by atoms with van der Waals surface area (Å²) >= 11 is 0. The molecule has 0 saturated heterocycles. The molecule has 0 fully saturated rings. The van der Waals surface area contributed by atoms with E-state index in [9.17, 15) is 4.79 Å². The number of carboxylic acids is 1. The lowest BCUT2D eigenvalue weighted by atomic mass is 10.1. The summed E-state index contributed by atoms with van der Waals surface area (Å²) in [4.78, 5) is 12.4. The van der Waals surface area contributed by atoms with E-state index in [4.69, 9.17) is 11.5 Å². The fourth-order valence-corrected chi connectivity index (χ4v) is 1.43. The maximum Gasteiger partial charge on any atom is 0.328 e. The van der Waals surface area contributed by atoms with E-state index in [1.165, 1.54) is 0 Å². The molecule has 0 saturated carbocycles. The van der Waals surface area contributed by atoms with Gasteiger partial charge in [-0.1, -0.05) is 30.2 Å². The smallest absolute Gasteiger partial charge is 0.328 e. The maximum atomic E-state index is 10.3. The van der Waals surface area contributed by atoms with Crippen molar-refractivity contribution >= 4 is 12.0 Å². The fraction of sp³-hybridized carbons (Fsp3) is 0.214. The summed E-state index contributed by atoms with van der Waals surface area (Å²) in [6.07, 6.45) is 7.91. The Labute approximate surface area is 101 Å². The van der Waals surface area contributed by atoms with Crippen molar-refractivity contribution in [3.63, 3.8) is 0 Å². The summed E-state index contributed by atoms with van der Waals surface area (Å²) in [6, 6.07) is 7.71. The van der Waals surface area contributed by atoms with Crippen molar-refractivity contribution in [2.75, 3.05) is 13.6 Å². The van der Waals surface area contributed by atoms with Crippen LogP contribution in [0.15, 0.2) is 30.3 Å². The zero-order valence-corrected chi connectivity index (χ0v) is 9.76. The first kappa shape index (κ1) is 13.0. The van der Waals surface area contributed by atoms with Gasteiger partial charge in [-0.2, -0.15) is 0 Å². The molecule has 0 heterocycles. The Morgan fingerprint density at radius 2 is 2.12 bits per heavy atom. The van der Waals surface area contributed by atoms with E-state index >= 15 is 0 Å². The standard InChI is InChI=1S/C14H15NO2/c1-3-10-15(2)11-13-6-4-12(5-7-13)8-9-14(16)17/h1,4-9H,10-11H2,2H3,(H,16,17)/b9-8+. The molecule has 0 aliphatic heterocycles. The Hall–Kier alpha value is -2.05. The van der Waals surface area contributed by atoms with Crippen LogP contribution in [0.5, 0.6) is 0 Å². The van der Waals surface area contributed by atoms with Gasteiger partial charge in [0.05, 0.1) is 6.54 Å². The third kappa shape index (κ3) is 5.01. The average molecular weight is 229 g/mol. The minimum Gasteiger partial charge on any atom is -0.478 e. The van der Waals surface area contributed by atoms with E-state index in [0.717, 1.165) is 23.7 Å². The second-order valence-corrected chi connectivity index (χ2v) is 3.79. The maximum absolute atomic E-state index is 10.3. The van der Waals surface area contributed by atoms with E-state index in [2.05, 4.69) is 5.92 Å².